The van der Waals surface area contributed by atoms with Crippen LogP contribution in [0.4, 0.5) is 10.6 Å². The maximum Gasteiger partial charge on any atom is 0.407 e. The summed E-state index contributed by atoms with van der Waals surface area (Å²) in [4.78, 5) is 34.1. The molecule has 0 aliphatic carbocycles. The molecule has 1 aromatic carbocycles. The maximum atomic E-state index is 11.1. The number of hydrogen-bond acceptors (Lipinski definition) is 6. The summed E-state index contributed by atoms with van der Waals surface area (Å²) >= 11 is 0. The quantitative estimate of drug-likeness (QED) is 0.750. The van der Waals surface area contributed by atoms with E-state index in [2.05, 4.69) is 14.9 Å². The number of hydrogen-bond donors (Lipinski definition) is 2. The second kappa shape index (κ2) is 8.09. The Morgan fingerprint density at radius 1 is 1.35 bits per heavy atom. The van der Waals surface area contributed by atoms with Crippen LogP contribution in [0, 0.1) is 5.92 Å². The Kier molecular flexibility index (Phi) is 5.62. The predicted octanol–water partition coefficient (Wildman–Crippen LogP) is 1.35. The maximum absolute atomic E-state index is 11.1. The Bertz CT molecular complexity index is 776. The van der Waals surface area contributed by atoms with E-state index in [1.807, 2.05) is 24.3 Å². The fraction of sp³-hybridized carbons (Fsp3) is 0.444. The lowest BCUT2D eigenvalue weighted by Crippen LogP contribution is -2.48. The third-order valence-electron chi connectivity index (χ3n) is 4.90. The number of carbonyl (C=O) groups is 2. The molecule has 8 heteroatoms. The zero-order valence-electron chi connectivity index (χ0n) is 14.5. The average molecular weight is 357 g/mol. The van der Waals surface area contributed by atoms with Gasteiger partial charge in [0.05, 0.1) is 23.8 Å². The molecule has 1 amide bonds. The third-order valence-corrected chi connectivity index (χ3v) is 4.90. The Balaban J connectivity index is 1.59. The van der Waals surface area contributed by atoms with Gasteiger partial charge >= 0.3 is 6.09 Å². The summed E-state index contributed by atoms with van der Waals surface area (Å²) in [5.74, 6) is 1.07. The Morgan fingerprint density at radius 3 is 2.69 bits per heavy atom. The summed E-state index contributed by atoms with van der Waals surface area (Å²) in [7, 11) is 0. The molecule has 1 saturated heterocycles. The number of carboxylic acid groups (broad SMARTS) is 1. The molecule has 8 nitrogen and oxygen atoms in total. The first kappa shape index (κ1) is 18.1. The van der Waals surface area contributed by atoms with Crippen LogP contribution < -0.4 is 10.6 Å². The lowest BCUT2D eigenvalue weighted by atomic mass is 9.89. The minimum absolute atomic E-state index is 0.144. The molecule has 0 bridgehead atoms. The molecule has 1 aliphatic heterocycles. The van der Waals surface area contributed by atoms with Crippen molar-refractivity contribution in [3.8, 4) is 0 Å². The highest BCUT2D eigenvalue weighted by molar-refractivity contribution is 5.75. The molecule has 138 valence electrons. The van der Waals surface area contributed by atoms with E-state index in [0.717, 1.165) is 47.7 Å². The van der Waals surface area contributed by atoms with E-state index in [0.29, 0.717) is 6.29 Å². The number of anilines is 1. The average Bonchev–Trinajstić information content (AvgIpc) is 2.67. The third kappa shape index (κ3) is 4.08. The smallest absolute Gasteiger partial charge is 0.407 e. The van der Waals surface area contributed by atoms with Gasteiger partial charge in [-0.3, -0.25) is 9.88 Å². The van der Waals surface area contributed by atoms with Crippen molar-refractivity contribution in [3.63, 3.8) is 0 Å². The molecule has 0 saturated carbocycles. The molecule has 0 radical (unpaired) electrons. The number of nitrogens with zero attached hydrogens (tertiary/aromatic N) is 4. The molecule has 26 heavy (non-hydrogen) atoms. The number of rotatable bonds is 6. The molecule has 0 spiro atoms. The molecule has 1 aliphatic rings. The molecular formula is C18H23N5O3. The van der Waals surface area contributed by atoms with Crippen LogP contribution >= 0.6 is 0 Å². The van der Waals surface area contributed by atoms with Crippen molar-refractivity contribution in [1.82, 2.24) is 14.9 Å². The van der Waals surface area contributed by atoms with E-state index >= 15 is 0 Å². The molecule has 3 rings (SSSR count). The fourth-order valence-corrected chi connectivity index (χ4v) is 3.38. The zero-order chi connectivity index (χ0) is 18.5. The van der Waals surface area contributed by atoms with Gasteiger partial charge in [0, 0.05) is 25.7 Å². The van der Waals surface area contributed by atoms with Crippen molar-refractivity contribution in [2.75, 3.05) is 31.1 Å². The minimum atomic E-state index is -1.11. The van der Waals surface area contributed by atoms with Crippen LogP contribution in [0.5, 0.6) is 0 Å². The van der Waals surface area contributed by atoms with Crippen LogP contribution in [0.2, 0.25) is 0 Å². The van der Waals surface area contributed by atoms with Crippen molar-refractivity contribution in [3.05, 3.63) is 30.5 Å². The first-order chi connectivity index (χ1) is 12.6. The molecule has 3 N–H and O–H groups in total. The van der Waals surface area contributed by atoms with Crippen LogP contribution in [0.25, 0.3) is 11.0 Å². The number of amides is 1. The number of aromatic nitrogens is 2. The van der Waals surface area contributed by atoms with Gasteiger partial charge in [-0.25, -0.2) is 9.78 Å². The highest BCUT2D eigenvalue weighted by atomic mass is 16.4. The van der Waals surface area contributed by atoms with Crippen molar-refractivity contribution in [2.45, 2.75) is 18.9 Å². The summed E-state index contributed by atoms with van der Waals surface area (Å²) in [5, 5.41) is 9.12. The summed E-state index contributed by atoms with van der Waals surface area (Å²) in [5.41, 5.74) is 7.95. The molecular weight excluding hydrogens is 334 g/mol. The normalized spacial score (nSPS) is 16.4. The lowest BCUT2D eigenvalue weighted by molar-refractivity contribution is -0.108. The fourth-order valence-electron chi connectivity index (χ4n) is 3.38. The van der Waals surface area contributed by atoms with Crippen molar-refractivity contribution >= 4 is 29.2 Å². The second-order valence-corrected chi connectivity index (χ2v) is 6.56. The standard InChI is InChI=1S/C18H23N5O3/c19-14(12-23(9-10-24)18(25)26)13-5-7-22(8-6-13)17-11-20-15-3-1-2-4-16(15)21-17/h1-4,10-11,13-14H,5-9,12,19H2,(H,25,26). The number of nitrogens with two attached hydrogens (primary N) is 1. The lowest BCUT2D eigenvalue weighted by Gasteiger charge is -2.36. The monoisotopic (exact) mass is 357 g/mol. The van der Waals surface area contributed by atoms with Gasteiger partial charge in [-0.1, -0.05) is 12.1 Å². The van der Waals surface area contributed by atoms with Gasteiger partial charge in [0.25, 0.3) is 0 Å². The minimum Gasteiger partial charge on any atom is -0.465 e. The summed E-state index contributed by atoms with van der Waals surface area (Å²) in [6.45, 7) is 1.63. The van der Waals surface area contributed by atoms with Gasteiger partial charge < -0.3 is 20.5 Å². The van der Waals surface area contributed by atoms with Gasteiger partial charge in [0.1, 0.15) is 12.1 Å². The van der Waals surface area contributed by atoms with Gasteiger partial charge in [-0.15, -0.1) is 0 Å². The highest BCUT2D eigenvalue weighted by Crippen LogP contribution is 2.24. The number of fused-ring (bicyclic) bond motifs is 1. The number of aldehydes is 1. The summed E-state index contributed by atoms with van der Waals surface area (Å²) in [6, 6.07) is 7.48. The van der Waals surface area contributed by atoms with E-state index in [1.54, 1.807) is 6.20 Å². The van der Waals surface area contributed by atoms with Crippen LogP contribution in [-0.2, 0) is 4.79 Å². The second-order valence-electron chi connectivity index (χ2n) is 6.56. The van der Waals surface area contributed by atoms with E-state index in [1.165, 1.54) is 0 Å². The summed E-state index contributed by atoms with van der Waals surface area (Å²) in [6.07, 6.45) is 2.96. The molecule has 1 atom stereocenters. The van der Waals surface area contributed by atoms with E-state index < -0.39 is 6.09 Å². The number of piperidine rings is 1. The van der Waals surface area contributed by atoms with Crippen molar-refractivity contribution in [2.24, 2.45) is 11.7 Å². The Labute approximate surface area is 151 Å². The first-order valence-electron chi connectivity index (χ1n) is 8.72. The Morgan fingerprint density at radius 2 is 2.04 bits per heavy atom. The van der Waals surface area contributed by atoms with Crippen LogP contribution in [-0.4, -0.2) is 64.6 Å². The highest BCUT2D eigenvalue weighted by Gasteiger charge is 2.27. The molecule has 1 unspecified atom stereocenters. The Hall–Kier alpha value is -2.74. The molecule has 1 fully saturated rings. The van der Waals surface area contributed by atoms with Gasteiger partial charge in [-0.05, 0) is 30.9 Å². The van der Waals surface area contributed by atoms with Crippen molar-refractivity contribution < 1.29 is 14.7 Å². The van der Waals surface area contributed by atoms with Crippen LogP contribution in [0.15, 0.2) is 30.5 Å². The number of carbonyl (C=O) groups excluding carboxylic acids is 1. The largest absolute Gasteiger partial charge is 0.465 e. The first-order valence-corrected chi connectivity index (χ1v) is 8.72. The van der Waals surface area contributed by atoms with Crippen molar-refractivity contribution in [1.29, 1.82) is 0 Å². The zero-order valence-corrected chi connectivity index (χ0v) is 14.5. The van der Waals surface area contributed by atoms with Gasteiger partial charge in [-0.2, -0.15) is 0 Å². The van der Waals surface area contributed by atoms with E-state index in [9.17, 15) is 9.59 Å². The number of para-hydroxylation sites is 2. The summed E-state index contributed by atoms with van der Waals surface area (Å²) < 4.78 is 0. The molecule has 1 aromatic heterocycles. The predicted molar refractivity (Wildman–Crippen MR) is 98.1 cm³/mol. The van der Waals surface area contributed by atoms with E-state index in [-0.39, 0.29) is 25.0 Å². The van der Waals surface area contributed by atoms with Gasteiger partial charge in [0.2, 0.25) is 0 Å². The topological polar surface area (TPSA) is 113 Å². The van der Waals surface area contributed by atoms with Crippen LogP contribution in [0.3, 0.4) is 0 Å². The van der Waals surface area contributed by atoms with Crippen LogP contribution in [0.1, 0.15) is 12.8 Å². The molecule has 2 heterocycles. The SMILES string of the molecule is NC(CN(CC=O)C(=O)O)C1CCN(c2cnc3ccccc3n2)CC1. The number of benzene rings is 1. The van der Waals surface area contributed by atoms with Gasteiger partial charge in [0.15, 0.2) is 0 Å². The molecule has 2 aromatic rings. The van der Waals surface area contributed by atoms with E-state index in [4.69, 9.17) is 10.8 Å².